The minimum Gasteiger partial charge on any atom is -0.480 e. The van der Waals surface area contributed by atoms with Gasteiger partial charge in [-0.1, -0.05) is 0 Å². The van der Waals surface area contributed by atoms with E-state index in [9.17, 15) is 9.59 Å². The van der Waals surface area contributed by atoms with E-state index in [1.54, 1.807) is 16.7 Å². The van der Waals surface area contributed by atoms with Crippen LogP contribution in [-0.4, -0.2) is 71.7 Å². The summed E-state index contributed by atoms with van der Waals surface area (Å²) in [6.07, 6.45) is 1.48. The van der Waals surface area contributed by atoms with Gasteiger partial charge in [0.25, 0.3) is 0 Å². The molecule has 2 unspecified atom stereocenters. The molecule has 2 rings (SSSR count). The summed E-state index contributed by atoms with van der Waals surface area (Å²) in [5.74, 6) is -0.805. The summed E-state index contributed by atoms with van der Waals surface area (Å²) in [7, 11) is 0. The van der Waals surface area contributed by atoms with Crippen molar-refractivity contribution >= 4 is 11.9 Å². The van der Waals surface area contributed by atoms with E-state index in [1.165, 1.54) is 0 Å². The van der Waals surface area contributed by atoms with E-state index in [1.807, 2.05) is 0 Å². The summed E-state index contributed by atoms with van der Waals surface area (Å²) in [5, 5.41) is 9.14. The van der Waals surface area contributed by atoms with Crippen LogP contribution in [-0.2, 0) is 14.3 Å². The fraction of sp³-hybridized carbons (Fsp3) is 0.833. The van der Waals surface area contributed by atoms with Gasteiger partial charge in [0.1, 0.15) is 6.04 Å². The highest BCUT2D eigenvalue weighted by Crippen LogP contribution is 2.21. The first-order valence-electron chi connectivity index (χ1n) is 6.46. The van der Waals surface area contributed by atoms with E-state index in [2.05, 4.69) is 0 Å². The van der Waals surface area contributed by atoms with Crippen LogP contribution in [0.4, 0.5) is 0 Å². The molecule has 2 heterocycles. The first-order valence-corrected chi connectivity index (χ1v) is 6.46. The molecule has 2 saturated heterocycles. The lowest BCUT2D eigenvalue weighted by molar-refractivity contribution is -0.147. The number of aliphatic carboxylic acids is 1. The summed E-state index contributed by atoms with van der Waals surface area (Å²) in [6.45, 7) is 4.85. The maximum absolute atomic E-state index is 12.3. The summed E-state index contributed by atoms with van der Waals surface area (Å²) in [4.78, 5) is 27.0. The van der Waals surface area contributed by atoms with Crippen LogP contribution in [0, 0.1) is 0 Å². The molecule has 0 aromatic heterocycles. The standard InChI is InChI=1S/C12H20N2O4/c1-9(11(15)13-5-7-18-8-6-13)14-4-2-3-10(14)12(16)17/h9-10H,2-8H2,1H3,(H,16,17). The molecule has 18 heavy (non-hydrogen) atoms. The number of carbonyl (C=O) groups is 2. The Morgan fingerprint density at radius 3 is 2.56 bits per heavy atom. The van der Waals surface area contributed by atoms with Crippen LogP contribution in [0.15, 0.2) is 0 Å². The van der Waals surface area contributed by atoms with Crippen molar-refractivity contribution in [2.45, 2.75) is 31.8 Å². The zero-order valence-electron chi connectivity index (χ0n) is 10.7. The molecule has 102 valence electrons. The molecule has 2 atom stereocenters. The van der Waals surface area contributed by atoms with E-state index in [-0.39, 0.29) is 11.9 Å². The molecule has 6 nitrogen and oxygen atoms in total. The Morgan fingerprint density at radius 1 is 1.28 bits per heavy atom. The molecule has 0 aliphatic carbocycles. The number of ether oxygens (including phenoxy) is 1. The number of morpholine rings is 1. The van der Waals surface area contributed by atoms with Crippen molar-refractivity contribution in [3.05, 3.63) is 0 Å². The predicted molar refractivity (Wildman–Crippen MR) is 64.2 cm³/mol. The third kappa shape index (κ3) is 2.64. The smallest absolute Gasteiger partial charge is 0.320 e. The molecule has 2 aliphatic heterocycles. The van der Waals surface area contributed by atoms with Crippen molar-refractivity contribution in [1.82, 2.24) is 9.80 Å². The fourth-order valence-electron chi connectivity index (χ4n) is 2.71. The molecule has 0 spiro atoms. The Balaban J connectivity index is 1.98. The normalized spacial score (nSPS) is 27.2. The van der Waals surface area contributed by atoms with Gasteiger partial charge in [-0.05, 0) is 26.3 Å². The third-order valence-corrected chi connectivity index (χ3v) is 3.76. The molecular formula is C12H20N2O4. The van der Waals surface area contributed by atoms with Crippen LogP contribution in [0.25, 0.3) is 0 Å². The van der Waals surface area contributed by atoms with Gasteiger partial charge in [-0.25, -0.2) is 0 Å². The molecule has 0 saturated carbocycles. The first-order chi connectivity index (χ1) is 8.61. The van der Waals surface area contributed by atoms with Crippen LogP contribution in [0.1, 0.15) is 19.8 Å². The Bertz CT molecular complexity index is 328. The summed E-state index contributed by atoms with van der Waals surface area (Å²) in [6, 6.07) is -0.864. The first kappa shape index (κ1) is 13.3. The highest BCUT2D eigenvalue weighted by atomic mass is 16.5. The van der Waals surface area contributed by atoms with Crippen molar-refractivity contribution in [2.75, 3.05) is 32.8 Å². The average Bonchev–Trinajstić information content (AvgIpc) is 2.87. The molecule has 2 fully saturated rings. The highest BCUT2D eigenvalue weighted by molar-refractivity contribution is 5.83. The van der Waals surface area contributed by atoms with E-state index in [0.29, 0.717) is 39.3 Å². The number of hydrogen-bond acceptors (Lipinski definition) is 4. The van der Waals surface area contributed by atoms with Gasteiger partial charge >= 0.3 is 5.97 Å². The largest absolute Gasteiger partial charge is 0.480 e. The molecular weight excluding hydrogens is 236 g/mol. The second kappa shape index (κ2) is 5.67. The van der Waals surface area contributed by atoms with E-state index in [0.717, 1.165) is 6.42 Å². The number of carboxylic acid groups (broad SMARTS) is 1. The van der Waals surface area contributed by atoms with Crippen LogP contribution in [0.2, 0.25) is 0 Å². The molecule has 2 aliphatic rings. The Hall–Kier alpha value is -1.14. The van der Waals surface area contributed by atoms with Crippen molar-refractivity contribution in [2.24, 2.45) is 0 Å². The van der Waals surface area contributed by atoms with Gasteiger partial charge in [-0.2, -0.15) is 0 Å². The monoisotopic (exact) mass is 256 g/mol. The van der Waals surface area contributed by atoms with Crippen molar-refractivity contribution in [3.8, 4) is 0 Å². The summed E-state index contributed by atoms with van der Waals surface area (Å²) < 4.78 is 5.21. The molecule has 1 amide bonds. The van der Waals surface area contributed by atoms with Gasteiger partial charge in [-0.3, -0.25) is 14.5 Å². The maximum Gasteiger partial charge on any atom is 0.320 e. The molecule has 0 radical (unpaired) electrons. The van der Waals surface area contributed by atoms with Crippen LogP contribution in [0.3, 0.4) is 0 Å². The lowest BCUT2D eigenvalue weighted by atomic mass is 10.2. The Morgan fingerprint density at radius 2 is 1.94 bits per heavy atom. The third-order valence-electron chi connectivity index (χ3n) is 3.76. The Kier molecular flexibility index (Phi) is 4.19. The van der Waals surface area contributed by atoms with Crippen LogP contribution >= 0.6 is 0 Å². The zero-order chi connectivity index (χ0) is 13.1. The number of likely N-dealkylation sites (tertiary alicyclic amines) is 1. The van der Waals surface area contributed by atoms with Crippen LogP contribution in [0.5, 0.6) is 0 Å². The lowest BCUT2D eigenvalue weighted by Crippen LogP contribution is -2.53. The summed E-state index contributed by atoms with van der Waals surface area (Å²) in [5.41, 5.74) is 0. The topological polar surface area (TPSA) is 70.1 Å². The van der Waals surface area contributed by atoms with E-state index in [4.69, 9.17) is 9.84 Å². The fourth-order valence-corrected chi connectivity index (χ4v) is 2.71. The molecule has 0 bridgehead atoms. The van der Waals surface area contributed by atoms with Gasteiger partial charge in [0, 0.05) is 13.1 Å². The minimum atomic E-state index is -0.825. The molecule has 0 aromatic rings. The van der Waals surface area contributed by atoms with Crippen LogP contribution < -0.4 is 0 Å². The molecule has 0 aromatic carbocycles. The number of nitrogens with zero attached hydrogens (tertiary/aromatic N) is 2. The van der Waals surface area contributed by atoms with Gasteiger partial charge in [-0.15, -0.1) is 0 Å². The van der Waals surface area contributed by atoms with Gasteiger partial charge in [0.2, 0.25) is 5.91 Å². The molecule has 6 heteroatoms. The summed E-state index contributed by atoms with van der Waals surface area (Å²) >= 11 is 0. The molecule has 1 N–H and O–H groups in total. The lowest BCUT2D eigenvalue weighted by Gasteiger charge is -2.34. The number of hydrogen-bond donors (Lipinski definition) is 1. The zero-order valence-corrected chi connectivity index (χ0v) is 10.7. The predicted octanol–water partition coefficient (Wildman–Crippen LogP) is -0.217. The minimum absolute atomic E-state index is 0.0199. The maximum atomic E-state index is 12.3. The second-order valence-corrected chi connectivity index (χ2v) is 4.85. The van der Waals surface area contributed by atoms with Crippen molar-refractivity contribution in [3.63, 3.8) is 0 Å². The van der Waals surface area contributed by atoms with Gasteiger partial charge in [0.15, 0.2) is 0 Å². The quantitative estimate of drug-likeness (QED) is 0.756. The number of rotatable bonds is 3. The number of amides is 1. The van der Waals surface area contributed by atoms with Crippen molar-refractivity contribution < 1.29 is 19.4 Å². The van der Waals surface area contributed by atoms with Gasteiger partial charge in [0.05, 0.1) is 19.3 Å². The Labute approximate surface area is 106 Å². The van der Waals surface area contributed by atoms with E-state index >= 15 is 0 Å². The SMILES string of the molecule is CC(C(=O)N1CCOCC1)N1CCCC1C(=O)O. The average molecular weight is 256 g/mol. The number of carbonyl (C=O) groups excluding carboxylic acids is 1. The number of carboxylic acids is 1. The highest BCUT2D eigenvalue weighted by Gasteiger charge is 2.37. The van der Waals surface area contributed by atoms with E-state index < -0.39 is 12.0 Å². The second-order valence-electron chi connectivity index (χ2n) is 4.85. The van der Waals surface area contributed by atoms with Crippen molar-refractivity contribution in [1.29, 1.82) is 0 Å². The van der Waals surface area contributed by atoms with Gasteiger partial charge < -0.3 is 14.7 Å².